The molecule has 2 saturated heterocycles. The maximum atomic E-state index is 13.3. The number of fused-ring (bicyclic) bond motifs is 5. The molecule has 2 fully saturated rings. The smallest absolute Gasteiger partial charge is 0.305 e. The molecule has 0 saturated carbocycles. The second-order valence-corrected chi connectivity index (χ2v) is 7.06. The molecule has 9 heteroatoms. The molecule has 2 bridgehead atoms. The minimum atomic E-state index is -1.55. The van der Waals surface area contributed by atoms with Gasteiger partial charge in [-0.3, -0.25) is 19.2 Å². The third kappa shape index (κ3) is 2.80. The molecular formula is C20H19NO8. The van der Waals surface area contributed by atoms with Crippen LogP contribution in [0.25, 0.3) is 0 Å². The second-order valence-electron chi connectivity index (χ2n) is 7.06. The van der Waals surface area contributed by atoms with Crippen LogP contribution in [0.5, 0.6) is 5.75 Å². The quantitative estimate of drug-likeness (QED) is 0.311. The molecule has 4 atom stereocenters. The lowest BCUT2D eigenvalue weighted by Crippen LogP contribution is -2.52. The Hall–Kier alpha value is -3.20. The van der Waals surface area contributed by atoms with Crippen LogP contribution in [-0.4, -0.2) is 48.9 Å². The van der Waals surface area contributed by atoms with Gasteiger partial charge in [0.25, 0.3) is 6.29 Å². The molecule has 0 aromatic heterocycles. The number of amides is 2. The number of imide groups is 1. The Balaban J connectivity index is 1.72. The maximum absolute atomic E-state index is 13.3. The van der Waals surface area contributed by atoms with E-state index in [2.05, 4.69) is 0 Å². The fourth-order valence-electron chi connectivity index (χ4n) is 4.20. The Morgan fingerprint density at radius 1 is 1.07 bits per heavy atom. The summed E-state index contributed by atoms with van der Waals surface area (Å²) in [4.78, 5) is 50.6. The third-order valence-electron chi connectivity index (χ3n) is 5.32. The topological polar surface area (TPSA) is 108 Å². The molecule has 0 aliphatic carbocycles. The first kappa shape index (κ1) is 19.1. The average Bonchev–Trinajstić information content (AvgIpc) is 3.32. The lowest BCUT2D eigenvalue weighted by atomic mass is 9.76. The first-order chi connectivity index (χ1) is 13.8. The van der Waals surface area contributed by atoms with Crippen LogP contribution in [-0.2, 0) is 33.4 Å². The van der Waals surface area contributed by atoms with E-state index < -0.39 is 53.6 Å². The predicted octanol–water partition coefficient (Wildman–Crippen LogP) is 0.960. The van der Waals surface area contributed by atoms with Crippen LogP contribution in [0.4, 0.5) is 5.69 Å². The molecule has 152 valence electrons. The Morgan fingerprint density at radius 2 is 1.69 bits per heavy atom. The molecule has 3 aliphatic rings. The van der Waals surface area contributed by atoms with Crippen molar-refractivity contribution in [2.24, 2.45) is 11.8 Å². The Bertz CT molecular complexity index is 907. The van der Waals surface area contributed by atoms with Crippen LogP contribution in [0.3, 0.4) is 0 Å². The van der Waals surface area contributed by atoms with Gasteiger partial charge in [0, 0.05) is 13.8 Å². The van der Waals surface area contributed by atoms with Gasteiger partial charge in [-0.15, -0.1) is 0 Å². The fourth-order valence-corrected chi connectivity index (χ4v) is 4.20. The third-order valence-corrected chi connectivity index (χ3v) is 5.32. The van der Waals surface area contributed by atoms with Crippen LogP contribution < -0.4 is 9.64 Å². The maximum Gasteiger partial charge on any atom is 0.305 e. The normalized spacial score (nSPS) is 29.4. The summed E-state index contributed by atoms with van der Waals surface area (Å²) in [6, 6.07) is 6.50. The highest BCUT2D eigenvalue weighted by Crippen LogP contribution is 2.54. The van der Waals surface area contributed by atoms with Crippen molar-refractivity contribution in [3.05, 3.63) is 36.4 Å². The number of carbonyl (C=O) groups is 4. The van der Waals surface area contributed by atoms with Gasteiger partial charge in [-0.2, -0.15) is 0 Å². The van der Waals surface area contributed by atoms with Gasteiger partial charge in [0.2, 0.25) is 11.8 Å². The number of ether oxygens (including phenoxy) is 4. The van der Waals surface area contributed by atoms with E-state index in [0.29, 0.717) is 11.4 Å². The summed E-state index contributed by atoms with van der Waals surface area (Å²) < 4.78 is 21.4. The zero-order valence-electron chi connectivity index (χ0n) is 16.0. The molecule has 4 rings (SSSR count). The van der Waals surface area contributed by atoms with Crippen molar-refractivity contribution < 1.29 is 38.1 Å². The number of carbonyl (C=O) groups excluding carboxylic acids is 4. The minimum absolute atomic E-state index is 0.390. The molecule has 2 amide bonds. The summed E-state index contributed by atoms with van der Waals surface area (Å²) in [7, 11) is 1.51. The average molecular weight is 401 g/mol. The number of rotatable bonds is 5. The Morgan fingerprint density at radius 3 is 2.24 bits per heavy atom. The molecule has 29 heavy (non-hydrogen) atoms. The van der Waals surface area contributed by atoms with E-state index >= 15 is 0 Å². The van der Waals surface area contributed by atoms with Crippen molar-refractivity contribution in [1.29, 1.82) is 0 Å². The lowest BCUT2D eigenvalue weighted by molar-refractivity contribution is -0.226. The number of hydrogen-bond acceptors (Lipinski definition) is 8. The molecule has 0 spiro atoms. The van der Waals surface area contributed by atoms with Crippen LogP contribution in [0, 0.1) is 11.8 Å². The molecule has 0 radical (unpaired) electrons. The van der Waals surface area contributed by atoms with E-state index in [9.17, 15) is 19.2 Å². The van der Waals surface area contributed by atoms with Crippen LogP contribution in [0.2, 0.25) is 0 Å². The Labute approximate surface area is 166 Å². The van der Waals surface area contributed by atoms with E-state index in [4.69, 9.17) is 18.9 Å². The standard InChI is InChI=1S/C20H19NO8/c1-10(22)27-19(28-11(2)23)20-9-8-14(29-20)15-16(20)18(25)21(17(15)24)12-4-6-13(26-3)7-5-12/h4-9,14-16,19H,1-3H3/t14-,15-,16-,20-/m1/s1. The van der Waals surface area contributed by atoms with E-state index in [1.54, 1.807) is 30.3 Å². The van der Waals surface area contributed by atoms with Gasteiger partial charge in [-0.1, -0.05) is 6.08 Å². The Kier molecular flexibility index (Phi) is 4.42. The highest BCUT2D eigenvalue weighted by molar-refractivity contribution is 6.23. The summed E-state index contributed by atoms with van der Waals surface area (Å²) in [6.07, 6.45) is 0.997. The van der Waals surface area contributed by atoms with Crippen LogP contribution in [0.1, 0.15) is 13.8 Å². The second kappa shape index (κ2) is 6.70. The SMILES string of the molecule is COc1ccc(N2C(=O)[C@@H]3[C@H]4C=C[C@@](C(OC(C)=O)OC(C)=O)(O4)[C@H]3C2=O)cc1. The van der Waals surface area contributed by atoms with Crippen molar-refractivity contribution in [2.45, 2.75) is 31.8 Å². The van der Waals surface area contributed by atoms with Gasteiger partial charge in [0.05, 0.1) is 30.7 Å². The largest absolute Gasteiger partial charge is 0.497 e. The van der Waals surface area contributed by atoms with Crippen LogP contribution in [0.15, 0.2) is 36.4 Å². The molecule has 0 N–H and O–H groups in total. The number of methoxy groups -OCH3 is 1. The minimum Gasteiger partial charge on any atom is -0.497 e. The lowest BCUT2D eigenvalue weighted by Gasteiger charge is -2.34. The number of nitrogens with zero attached hydrogens (tertiary/aromatic N) is 1. The summed E-state index contributed by atoms with van der Waals surface area (Å²) in [6.45, 7) is 2.31. The summed E-state index contributed by atoms with van der Waals surface area (Å²) in [5, 5.41) is 0. The molecule has 1 aromatic carbocycles. The van der Waals surface area contributed by atoms with E-state index in [1.807, 2.05) is 0 Å². The van der Waals surface area contributed by atoms with Gasteiger partial charge in [0.15, 0.2) is 5.60 Å². The van der Waals surface area contributed by atoms with Gasteiger partial charge in [-0.05, 0) is 30.3 Å². The molecule has 3 aliphatic heterocycles. The molecule has 1 aromatic rings. The van der Waals surface area contributed by atoms with Crippen molar-refractivity contribution in [3.8, 4) is 5.75 Å². The monoisotopic (exact) mass is 401 g/mol. The van der Waals surface area contributed by atoms with E-state index in [0.717, 1.165) is 18.7 Å². The highest BCUT2D eigenvalue weighted by Gasteiger charge is 2.72. The number of esters is 2. The van der Waals surface area contributed by atoms with Gasteiger partial charge in [0.1, 0.15) is 5.75 Å². The molecule has 9 nitrogen and oxygen atoms in total. The van der Waals surface area contributed by atoms with Crippen molar-refractivity contribution in [1.82, 2.24) is 0 Å². The summed E-state index contributed by atoms with van der Waals surface area (Å²) >= 11 is 0. The molecule has 3 heterocycles. The first-order valence-electron chi connectivity index (χ1n) is 9.02. The van der Waals surface area contributed by atoms with Gasteiger partial charge >= 0.3 is 11.9 Å². The van der Waals surface area contributed by atoms with Gasteiger partial charge < -0.3 is 18.9 Å². The molecule has 0 unspecified atom stereocenters. The predicted molar refractivity (Wildman–Crippen MR) is 96.5 cm³/mol. The summed E-state index contributed by atoms with van der Waals surface area (Å²) in [5.74, 6) is -3.57. The number of anilines is 1. The van der Waals surface area contributed by atoms with Crippen molar-refractivity contribution in [2.75, 3.05) is 12.0 Å². The van der Waals surface area contributed by atoms with Crippen molar-refractivity contribution >= 4 is 29.4 Å². The fraction of sp³-hybridized carbons (Fsp3) is 0.400. The van der Waals surface area contributed by atoms with Crippen molar-refractivity contribution in [3.63, 3.8) is 0 Å². The number of hydrogen-bond donors (Lipinski definition) is 0. The zero-order chi connectivity index (χ0) is 20.9. The zero-order valence-corrected chi connectivity index (χ0v) is 16.0. The number of benzene rings is 1. The van der Waals surface area contributed by atoms with E-state index in [-0.39, 0.29) is 0 Å². The van der Waals surface area contributed by atoms with Crippen LogP contribution >= 0.6 is 0 Å². The summed E-state index contributed by atoms with van der Waals surface area (Å²) in [5.41, 5.74) is -1.16. The first-order valence-corrected chi connectivity index (χ1v) is 9.02. The van der Waals surface area contributed by atoms with E-state index in [1.165, 1.54) is 13.2 Å². The van der Waals surface area contributed by atoms with Gasteiger partial charge in [-0.25, -0.2) is 4.90 Å². The molecular weight excluding hydrogens is 382 g/mol. The highest BCUT2D eigenvalue weighted by atomic mass is 16.7.